The Bertz CT molecular complexity index is 1250. The number of amides is 1. The highest BCUT2D eigenvalue weighted by molar-refractivity contribution is 7.98. The molecule has 2 aromatic carbocycles. The molecule has 1 amide bonds. The Labute approximate surface area is 182 Å². The Morgan fingerprint density at radius 2 is 1.90 bits per heavy atom. The second kappa shape index (κ2) is 8.81. The first-order chi connectivity index (χ1) is 14.5. The molecule has 0 atom stereocenters. The molecule has 0 radical (unpaired) electrons. The number of para-hydroxylation sites is 1. The number of carbonyl (C=O) groups is 1. The summed E-state index contributed by atoms with van der Waals surface area (Å²) in [5.74, 6) is 1.14. The zero-order chi connectivity index (χ0) is 21.1. The van der Waals surface area contributed by atoms with Gasteiger partial charge in [0.05, 0.1) is 28.1 Å². The number of hydrogen-bond acceptors (Lipinski definition) is 6. The first-order valence-corrected chi connectivity index (χ1v) is 11.2. The van der Waals surface area contributed by atoms with Gasteiger partial charge < -0.3 is 9.88 Å². The third-order valence-electron chi connectivity index (χ3n) is 4.55. The maximum absolute atomic E-state index is 12.8. The number of thioether (sulfide) groups is 1. The highest BCUT2D eigenvalue weighted by Gasteiger charge is 2.14. The Kier molecular flexibility index (Phi) is 5.96. The fraction of sp³-hybridized carbons (Fsp3) is 0.182. The molecule has 4 rings (SSSR count). The van der Waals surface area contributed by atoms with Gasteiger partial charge in [-0.1, -0.05) is 12.1 Å². The Balaban J connectivity index is 1.41. The van der Waals surface area contributed by atoms with Crippen LogP contribution in [0.2, 0.25) is 0 Å². The van der Waals surface area contributed by atoms with Crippen molar-refractivity contribution in [2.24, 2.45) is 0 Å². The minimum Gasteiger partial charge on any atom is -0.334 e. The Hall–Kier alpha value is -2.97. The number of hydrogen-bond donors (Lipinski definition) is 1. The molecule has 8 heteroatoms. The molecule has 1 N–H and O–H groups in total. The molecule has 0 fully saturated rings. The van der Waals surface area contributed by atoms with Crippen LogP contribution in [0.1, 0.15) is 26.9 Å². The summed E-state index contributed by atoms with van der Waals surface area (Å²) in [6.07, 6.45) is 0. The van der Waals surface area contributed by atoms with E-state index in [4.69, 9.17) is 0 Å². The number of H-pyrrole nitrogens is 1. The van der Waals surface area contributed by atoms with Gasteiger partial charge in [-0.25, -0.2) is 9.97 Å². The lowest BCUT2D eigenvalue weighted by atomic mass is 10.2. The van der Waals surface area contributed by atoms with E-state index in [1.54, 1.807) is 53.2 Å². The molecule has 0 saturated carbocycles. The number of aromatic nitrogens is 3. The van der Waals surface area contributed by atoms with Crippen LogP contribution in [0.15, 0.2) is 63.6 Å². The van der Waals surface area contributed by atoms with Gasteiger partial charge in [-0.05, 0) is 43.3 Å². The molecule has 2 aromatic heterocycles. The SMILES string of the molecule is Cc1nc(CSc2ccc(C(=O)N(C)Cc3nc4ccccc4c(=O)[nH]3)cc2)cs1. The number of benzene rings is 2. The van der Waals surface area contributed by atoms with Crippen molar-refractivity contribution in [3.8, 4) is 0 Å². The molecule has 0 aliphatic heterocycles. The summed E-state index contributed by atoms with van der Waals surface area (Å²) < 4.78 is 0. The van der Waals surface area contributed by atoms with Crippen LogP contribution in [-0.4, -0.2) is 32.8 Å². The van der Waals surface area contributed by atoms with Crippen LogP contribution < -0.4 is 5.56 Å². The summed E-state index contributed by atoms with van der Waals surface area (Å²) in [4.78, 5) is 39.3. The Morgan fingerprint density at radius 1 is 1.13 bits per heavy atom. The van der Waals surface area contributed by atoms with Crippen molar-refractivity contribution in [1.29, 1.82) is 0 Å². The molecular weight excluding hydrogens is 416 g/mol. The molecule has 0 saturated heterocycles. The number of thiazole rings is 1. The zero-order valence-electron chi connectivity index (χ0n) is 16.6. The number of aromatic amines is 1. The van der Waals surface area contributed by atoms with E-state index >= 15 is 0 Å². The van der Waals surface area contributed by atoms with Crippen molar-refractivity contribution in [1.82, 2.24) is 19.9 Å². The van der Waals surface area contributed by atoms with Gasteiger partial charge in [-0.2, -0.15) is 0 Å². The summed E-state index contributed by atoms with van der Waals surface area (Å²) in [7, 11) is 1.70. The first-order valence-electron chi connectivity index (χ1n) is 9.37. The van der Waals surface area contributed by atoms with Crippen LogP contribution >= 0.6 is 23.1 Å². The van der Waals surface area contributed by atoms with Crippen molar-refractivity contribution in [3.63, 3.8) is 0 Å². The predicted molar refractivity (Wildman–Crippen MR) is 121 cm³/mol. The van der Waals surface area contributed by atoms with Gasteiger partial charge in [0, 0.05) is 28.6 Å². The van der Waals surface area contributed by atoms with E-state index in [2.05, 4.69) is 20.3 Å². The second-order valence-corrected chi connectivity index (χ2v) is 8.97. The normalized spacial score (nSPS) is 11.0. The lowest BCUT2D eigenvalue weighted by molar-refractivity contribution is 0.0781. The fourth-order valence-electron chi connectivity index (χ4n) is 3.05. The third-order valence-corrected chi connectivity index (χ3v) is 6.42. The largest absolute Gasteiger partial charge is 0.334 e. The highest BCUT2D eigenvalue weighted by atomic mass is 32.2. The topological polar surface area (TPSA) is 79.0 Å². The van der Waals surface area contributed by atoms with Crippen LogP contribution in [0.3, 0.4) is 0 Å². The van der Waals surface area contributed by atoms with Gasteiger partial charge >= 0.3 is 0 Å². The maximum atomic E-state index is 12.8. The summed E-state index contributed by atoms with van der Waals surface area (Å²) in [5.41, 5.74) is 2.08. The molecule has 2 heterocycles. The van der Waals surface area contributed by atoms with Gasteiger partial charge in [0.15, 0.2) is 0 Å². The number of aryl methyl sites for hydroxylation is 1. The van der Waals surface area contributed by atoms with Gasteiger partial charge in [0.1, 0.15) is 5.82 Å². The molecule has 30 heavy (non-hydrogen) atoms. The van der Waals surface area contributed by atoms with Crippen LogP contribution in [0.5, 0.6) is 0 Å². The van der Waals surface area contributed by atoms with Crippen LogP contribution in [0, 0.1) is 6.92 Å². The van der Waals surface area contributed by atoms with E-state index in [0.717, 1.165) is 21.3 Å². The molecule has 0 aliphatic rings. The number of carbonyl (C=O) groups excluding carboxylic acids is 1. The molecule has 0 bridgehead atoms. The highest BCUT2D eigenvalue weighted by Crippen LogP contribution is 2.24. The van der Waals surface area contributed by atoms with E-state index < -0.39 is 0 Å². The summed E-state index contributed by atoms with van der Waals surface area (Å²) in [5, 5.41) is 3.67. The van der Waals surface area contributed by atoms with E-state index in [1.165, 1.54) is 0 Å². The molecule has 0 spiro atoms. The number of rotatable bonds is 6. The molecule has 152 valence electrons. The van der Waals surface area contributed by atoms with Crippen molar-refractivity contribution >= 4 is 39.9 Å². The molecule has 4 aromatic rings. The maximum Gasteiger partial charge on any atom is 0.258 e. The average molecular weight is 437 g/mol. The summed E-state index contributed by atoms with van der Waals surface area (Å²) in [6.45, 7) is 2.22. The van der Waals surface area contributed by atoms with Crippen molar-refractivity contribution in [3.05, 3.63) is 86.4 Å². The van der Waals surface area contributed by atoms with Crippen LogP contribution in [0.25, 0.3) is 10.9 Å². The van der Waals surface area contributed by atoms with E-state index in [0.29, 0.717) is 22.3 Å². The number of nitrogens with one attached hydrogen (secondary N) is 1. The predicted octanol–water partition coefficient (Wildman–Crippen LogP) is 4.25. The number of fused-ring (bicyclic) bond motifs is 1. The van der Waals surface area contributed by atoms with Crippen molar-refractivity contribution < 1.29 is 4.79 Å². The van der Waals surface area contributed by atoms with E-state index in [1.807, 2.05) is 37.3 Å². The minimum atomic E-state index is -0.201. The molecule has 0 aliphatic carbocycles. The summed E-state index contributed by atoms with van der Waals surface area (Å²) in [6, 6.07) is 14.7. The van der Waals surface area contributed by atoms with E-state index in [9.17, 15) is 9.59 Å². The van der Waals surface area contributed by atoms with Crippen LogP contribution in [0.4, 0.5) is 0 Å². The number of nitrogens with zero attached hydrogens (tertiary/aromatic N) is 3. The van der Waals surface area contributed by atoms with E-state index in [-0.39, 0.29) is 18.0 Å². The minimum absolute atomic E-state index is 0.127. The van der Waals surface area contributed by atoms with Gasteiger partial charge in [-0.3, -0.25) is 9.59 Å². The quantitative estimate of drug-likeness (QED) is 0.457. The van der Waals surface area contributed by atoms with Gasteiger partial charge in [-0.15, -0.1) is 23.1 Å². The zero-order valence-corrected chi connectivity index (χ0v) is 18.2. The van der Waals surface area contributed by atoms with Crippen molar-refractivity contribution in [2.45, 2.75) is 24.1 Å². The fourth-order valence-corrected chi connectivity index (χ4v) is 4.56. The second-order valence-electron chi connectivity index (χ2n) is 6.86. The van der Waals surface area contributed by atoms with Crippen molar-refractivity contribution in [2.75, 3.05) is 7.05 Å². The van der Waals surface area contributed by atoms with Gasteiger partial charge in [0.25, 0.3) is 11.5 Å². The molecule has 0 unspecified atom stereocenters. The standard InChI is InChI=1S/C22H20N4O2S2/c1-14-23-16(12-29-14)13-30-17-9-7-15(8-10-17)22(28)26(2)11-20-24-19-6-4-3-5-18(19)21(27)25-20/h3-10,12H,11,13H2,1-2H3,(H,24,25,27). The average Bonchev–Trinajstić information content (AvgIpc) is 3.17. The third kappa shape index (κ3) is 4.60. The summed E-state index contributed by atoms with van der Waals surface area (Å²) >= 11 is 3.34. The molecular formula is C22H20N4O2S2. The first kappa shape index (κ1) is 20.3. The lowest BCUT2D eigenvalue weighted by Crippen LogP contribution is -2.28. The molecule has 6 nitrogen and oxygen atoms in total. The van der Waals surface area contributed by atoms with Gasteiger partial charge in [0.2, 0.25) is 0 Å². The monoisotopic (exact) mass is 436 g/mol. The van der Waals surface area contributed by atoms with Crippen LogP contribution in [-0.2, 0) is 12.3 Å². The lowest BCUT2D eigenvalue weighted by Gasteiger charge is -2.17. The smallest absolute Gasteiger partial charge is 0.258 e. The Morgan fingerprint density at radius 3 is 2.63 bits per heavy atom.